The highest BCUT2D eigenvalue weighted by atomic mass is 16.4. The molecule has 2 N–H and O–H groups in total. The van der Waals surface area contributed by atoms with E-state index < -0.39 is 5.97 Å². The molecule has 0 aliphatic carbocycles. The quantitative estimate of drug-likeness (QED) is 0.263. The maximum atomic E-state index is 11.5. The van der Waals surface area contributed by atoms with Gasteiger partial charge in [-0.1, -0.05) is 62.6 Å². The summed E-state index contributed by atoms with van der Waals surface area (Å²) in [5.74, 6) is -0.776. The van der Waals surface area contributed by atoms with Crippen LogP contribution in [0.1, 0.15) is 84.0 Å². The number of amides is 1. The van der Waals surface area contributed by atoms with Crippen molar-refractivity contribution in [2.75, 3.05) is 6.54 Å². The van der Waals surface area contributed by atoms with Crippen LogP contribution in [0.2, 0.25) is 0 Å². The number of carbonyl (C=O) groups is 2. The van der Waals surface area contributed by atoms with Crippen molar-refractivity contribution in [2.24, 2.45) is 0 Å². The SMILES string of the molecule is CCC=CCC=CCC=CCCCCCCCC(=O)NCCCC(=O)O. The summed E-state index contributed by atoms with van der Waals surface area (Å²) in [6.07, 6.45) is 24.3. The third-order valence-corrected chi connectivity index (χ3v) is 3.94. The molecule has 0 aliphatic rings. The second-order valence-corrected chi connectivity index (χ2v) is 6.45. The Bertz CT molecular complexity index is 439. The summed E-state index contributed by atoms with van der Waals surface area (Å²) in [4.78, 5) is 21.9. The second kappa shape index (κ2) is 19.5. The van der Waals surface area contributed by atoms with E-state index in [2.05, 4.69) is 48.7 Å². The van der Waals surface area contributed by atoms with Gasteiger partial charge in [-0.2, -0.15) is 0 Å². The van der Waals surface area contributed by atoms with Gasteiger partial charge in [0.25, 0.3) is 0 Å². The average molecular weight is 364 g/mol. The van der Waals surface area contributed by atoms with E-state index in [0.717, 1.165) is 38.5 Å². The number of hydrogen-bond donors (Lipinski definition) is 2. The van der Waals surface area contributed by atoms with Crippen LogP contribution in [0, 0.1) is 0 Å². The molecule has 0 saturated carbocycles. The molecule has 0 aliphatic heterocycles. The minimum absolute atomic E-state index is 0.0385. The molecule has 26 heavy (non-hydrogen) atoms. The number of hydrogen-bond acceptors (Lipinski definition) is 2. The summed E-state index contributed by atoms with van der Waals surface area (Å²) in [5.41, 5.74) is 0. The first-order valence-corrected chi connectivity index (χ1v) is 10.1. The van der Waals surface area contributed by atoms with Crippen molar-refractivity contribution in [3.05, 3.63) is 36.5 Å². The molecular formula is C22H37NO3. The Morgan fingerprint density at radius 2 is 1.38 bits per heavy atom. The minimum atomic E-state index is -0.814. The van der Waals surface area contributed by atoms with Crippen LogP contribution in [0.4, 0.5) is 0 Å². The van der Waals surface area contributed by atoms with Gasteiger partial charge in [0.2, 0.25) is 5.91 Å². The van der Waals surface area contributed by atoms with E-state index in [1.807, 2.05) is 0 Å². The molecule has 0 heterocycles. The zero-order valence-corrected chi connectivity index (χ0v) is 16.4. The number of carboxylic acids is 1. The van der Waals surface area contributed by atoms with Crippen molar-refractivity contribution < 1.29 is 14.7 Å². The van der Waals surface area contributed by atoms with Crippen LogP contribution < -0.4 is 5.32 Å². The van der Waals surface area contributed by atoms with Gasteiger partial charge in [-0.05, 0) is 44.9 Å². The van der Waals surface area contributed by atoms with E-state index in [1.165, 1.54) is 19.3 Å². The summed E-state index contributed by atoms with van der Waals surface area (Å²) in [6.45, 7) is 2.61. The lowest BCUT2D eigenvalue weighted by Crippen LogP contribution is -2.24. The fourth-order valence-electron chi connectivity index (χ4n) is 2.46. The highest BCUT2D eigenvalue weighted by Gasteiger charge is 2.01. The van der Waals surface area contributed by atoms with Gasteiger partial charge in [0, 0.05) is 19.4 Å². The predicted molar refractivity (Wildman–Crippen MR) is 109 cm³/mol. The molecule has 0 unspecified atom stereocenters. The third-order valence-electron chi connectivity index (χ3n) is 3.94. The summed E-state index contributed by atoms with van der Waals surface area (Å²) in [6, 6.07) is 0. The highest BCUT2D eigenvalue weighted by Crippen LogP contribution is 2.08. The molecule has 1 amide bonds. The Hall–Kier alpha value is -1.84. The summed E-state index contributed by atoms with van der Waals surface area (Å²) >= 11 is 0. The summed E-state index contributed by atoms with van der Waals surface area (Å²) in [5, 5.41) is 11.3. The van der Waals surface area contributed by atoms with Crippen LogP contribution in [0.5, 0.6) is 0 Å². The molecule has 0 bridgehead atoms. The lowest BCUT2D eigenvalue weighted by molar-refractivity contribution is -0.137. The fourth-order valence-corrected chi connectivity index (χ4v) is 2.46. The Labute approximate surface area is 159 Å². The lowest BCUT2D eigenvalue weighted by atomic mass is 10.1. The monoisotopic (exact) mass is 363 g/mol. The first kappa shape index (κ1) is 24.2. The van der Waals surface area contributed by atoms with E-state index in [9.17, 15) is 9.59 Å². The molecule has 148 valence electrons. The number of unbranched alkanes of at least 4 members (excludes halogenated alkanes) is 5. The van der Waals surface area contributed by atoms with Gasteiger partial charge in [-0.25, -0.2) is 0 Å². The van der Waals surface area contributed by atoms with Crippen LogP contribution in [0.3, 0.4) is 0 Å². The number of nitrogens with one attached hydrogen (secondary N) is 1. The van der Waals surface area contributed by atoms with E-state index in [0.29, 0.717) is 19.4 Å². The van der Waals surface area contributed by atoms with Crippen LogP contribution in [-0.4, -0.2) is 23.5 Å². The van der Waals surface area contributed by atoms with Gasteiger partial charge in [0.1, 0.15) is 0 Å². The molecule has 0 fully saturated rings. The van der Waals surface area contributed by atoms with Crippen molar-refractivity contribution in [2.45, 2.75) is 84.0 Å². The molecule has 0 atom stereocenters. The number of carbonyl (C=O) groups excluding carboxylic acids is 1. The van der Waals surface area contributed by atoms with Gasteiger partial charge in [-0.15, -0.1) is 0 Å². The standard InChI is InChI=1S/C22H37NO3/c1-2-3-4-5-6-7-8-9-10-11-12-13-14-15-16-18-21(24)23-20-17-19-22(25)26/h3-4,6-7,9-10H,2,5,8,11-20H2,1H3,(H,23,24)(H,25,26). The van der Waals surface area contributed by atoms with Gasteiger partial charge >= 0.3 is 5.97 Å². The molecule has 4 heteroatoms. The molecule has 0 rings (SSSR count). The number of allylic oxidation sites excluding steroid dienone is 6. The zero-order valence-electron chi connectivity index (χ0n) is 16.4. The van der Waals surface area contributed by atoms with Crippen molar-refractivity contribution in [1.29, 1.82) is 0 Å². The Kier molecular flexibility index (Phi) is 18.1. The maximum absolute atomic E-state index is 11.5. The topological polar surface area (TPSA) is 66.4 Å². The molecule has 0 aromatic heterocycles. The molecular weight excluding hydrogens is 326 g/mol. The lowest BCUT2D eigenvalue weighted by Gasteiger charge is -2.04. The van der Waals surface area contributed by atoms with E-state index >= 15 is 0 Å². The predicted octanol–water partition coefficient (Wildman–Crippen LogP) is 5.56. The number of aliphatic carboxylic acids is 1. The van der Waals surface area contributed by atoms with Crippen molar-refractivity contribution in [1.82, 2.24) is 5.32 Å². The Morgan fingerprint density at radius 1 is 0.769 bits per heavy atom. The van der Waals surface area contributed by atoms with Crippen LogP contribution in [-0.2, 0) is 9.59 Å². The molecule has 0 saturated heterocycles. The summed E-state index contributed by atoms with van der Waals surface area (Å²) < 4.78 is 0. The molecule has 0 aromatic carbocycles. The molecule has 0 radical (unpaired) electrons. The van der Waals surface area contributed by atoms with E-state index in [1.54, 1.807) is 0 Å². The van der Waals surface area contributed by atoms with Crippen LogP contribution in [0.15, 0.2) is 36.5 Å². The van der Waals surface area contributed by atoms with Crippen molar-refractivity contribution >= 4 is 11.9 Å². The zero-order chi connectivity index (χ0) is 19.3. The molecule has 0 aromatic rings. The van der Waals surface area contributed by atoms with E-state index in [4.69, 9.17) is 5.11 Å². The normalized spacial score (nSPS) is 11.7. The van der Waals surface area contributed by atoms with Crippen molar-refractivity contribution in [3.63, 3.8) is 0 Å². The Balaban J connectivity index is 3.32. The highest BCUT2D eigenvalue weighted by molar-refractivity contribution is 5.75. The van der Waals surface area contributed by atoms with Crippen LogP contribution in [0.25, 0.3) is 0 Å². The first-order valence-electron chi connectivity index (χ1n) is 10.1. The van der Waals surface area contributed by atoms with E-state index in [-0.39, 0.29) is 12.3 Å². The van der Waals surface area contributed by atoms with Crippen molar-refractivity contribution in [3.8, 4) is 0 Å². The summed E-state index contributed by atoms with van der Waals surface area (Å²) in [7, 11) is 0. The minimum Gasteiger partial charge on any atom is -0.481 e. The number of carboxylic acid groups (broad SMARTS) is 1. The largest absolute Gasteiger partial charge is 0.481 e. The van der Waals surface area contributed by atoms with Crippen LogP contribution >= 0.6 is 0 Å². The first-order chi connectivity index (χ1) is 12.7. The van der Waals surface area contributed by atoms with Gasteiger partial charge < -0.3 is 10.4 Å². The Morgan fingerprint density at radius 3 is 2.08 bits per heavy atom. The smallest absolute Gasteiger partial charge is 0.303 e. The molecule has 0 spiro atoms. The second-order valence-electron chi connectivity index (χ2n) is 6.45. The number of rotatable bonds is 17. The van der Waals surface area contributed by atoms with Gasteiger partial charge in [-0.3, -0.25) is 9.59 Å². The molecule has 4 nitrogen and oxygen atoms in total. The fraction of sp³-hybridized carbons (Fsp3) is 0.636. The third kappa shape index (κ3) is 20.2. The van der Waals surface area contributed by atoms with Gasteiger partial charge in [0.05, 0.1) is 0 Å². The maximum Gasteiger partial charge on any atom is 0.303 e. The van der Waals surface area contributed by atoms with Gasteiger partial charge in [0.15, 0.2) is 0 Å². The average Bonchev–Trinajstić information content (AvgIpc) is 2.62.